The van der Waals surface area contributed by atoms with E-state index in [9.17, 15) is 14.4 Å². The second-order valence-corrected chi connectivity index (χ2v) is 5.19. The molecule has 0 aliphatic carbocycles. The topological polar surface area (TPSA) is 95.5 Å². The Morgan fingerprint density at radius 2 is 2.19 bits per heavy atom. The molecule has 1 N–H and O–H groups in total. The molecule has 3 rings (SSSR count). The Hall–Kier alpha value is -2.51. The number of hydrogen-bond acceptors (Lipinski definition) is 5. The monoisotopic (exact) mass is 289 g/mol. The summed E-state index contributed by atoms with van der Waals surface area (Å²) < 4.78 is 0. The standard InChI is InChI=1S/C13H15N5O3/c1-17-7-10(19)18-5-2-8(11(18)13(17)21)16-12(20)9-6-14-3-4-15-9/h3-4,6,8,11H,2,5,7H2,1H3,(H,16,20). The normalized spacial score (nSPS) is 25.0. The van der Waals surface area contributed by atoms with Gasteiger partial charge in [0.15, 0.2) is 0 Å². The fraction of sp³-hybridized carbons (Fsp3) is 0.462. The highest BCUT2D eigenvalue weighted by Crippen LogP contribution is 2.23. The van der Waals surface area contributed by atoms with Gasteiger partial charge in [0.1, 0.15) is 11.7 Å². The van der Waals surface area contributed by atoms with Gasteiger partial charge in [-0.1, -0.05) is 0 Å². The van der Waals surface area contributed by atoms with Gasteiger partial charge in [-0.15, -0.1) is 0 Å². The van der Waals surface area contributed by atoms with Crippen molar-refractivity contribution in [3.8, 4) is 0 Å². The Kier molecular flexibility index (Phi) is 3.28. The first-order valence-electron chi connectivity index (χ1n) is 6.69. The predicted octanol–water partition coefficient (Wildman–Crippen LogP) is -1.35. The third-order valence-electron chi connectivity index (χ3n) is 3.83. The average molecular weight is 289 g/mol. The summed E-state index contributed by atoms with van der Waals surface area (Å²) in [5.74, 6) is -0.613. The first-order valence-corrected chi connectivity index (χ1v) is 6.69. The summed E-state index contributed by atoms with van der Waals surface area (Å²) in [5, 5.41) is 2.78. The molecule has 2 unspecified atom stereocenters. The van der Waals surface area contributed by atoms with E-state index >= 15 is 0 Å². The summed E-state index contributed by atoms with van der Waals surface area (Å²) in [6.07, 6.45) is 4.83. The zero-order valence-electron chi connectivity index (χ0n) is 11.5. The lowest BCUT2D eigenvalue weighted by atomic mass is 10.1. The molecule has 2 aliphatic rings. The van der Waals surface area contributed by atoms with Crippen LogP contribution in [0.25, 0.3) is 0 Å². The number of carbonyl (C=O) groups is 3. The van der Waals surface area contributed by atoms with Crippen LogP contribution in [-0.2, 0) is 9.59 Å². The smallest absolute Gasteiger partial charge is 0.271 e. The maximum Gasteiger partial charge on any atom is 0.271 e. The number of hydrogen-bond donors (Lipinski definition) is 1. The van der Waals surface area contributed by atoms with Crippen molar-refractivity contribution >= 4 is 17.7 Å². The van der Waals surface area contributed by atoms with Crippen molar-refractivity contribution in [3.63, 3.8) is 0 Å². The number of nitrogens with one attached hydrogen (secondary N) is 1. The molecule has 3 heterocycles. The lowest BCUT2D eigenvalue weighted by Gasteiger charge is -2.36. The van der Waals surface area contributed by atoms with Gasteiger partial charge in [0.2, 0.25) is 11.8 Å². The highest BCUT2D eigenvalue weighted by atomic mass is 16.2. The van der Waals surface area contributed by atoms with Gasteiger partial charge >= 0.3 is 0 Å². The number of piperazine rings is 1. The first-order chi connectivity index (χ1) is 10.1. The van der Waals surface area contributed by atoms with Gasteiger partial charge in [-0.2, -0.15) is 0 Å². The van der Waals surface area contributed by atoms with Crippen molar-refractivity contribution in [2.75, 3.05) is 20.1 Å². The lowest BCUT2D eigenvalue weighted by Crippen LogP contribution is -2.61. The van der Waals surface area contributed by atoms with Crippen LogP contribution in [0.2, 0.25) is 0 Å². The molecule has 1 aromatic rings. The molecular weight excluding hydrogens is 274 g/mol. The van der Waals surface area contributed by atoms with E-state index in [2.05, 4.69) is 15.3 Å². The molecule has 2 aliphatic heterocycles. The van der Waals surface area contributed by atoms with Crippen LogP contribution >= 0.6 is 0 Å². The molecule has 0 bridgehead atoms. The summed E-state index contributed by atoms with van der Waals surface area (Å²) in [6, 6.07) is -1.00. The van der Waals surface area contributed by atoms with E-state index in [4.69, 9.17) is 0 Å². The van der Waals surface area contributed by atoms with Crippen molar-refractivity contribution in [2.45, 2.75) is 18.5 Å². The maximum absolute atomic E-state index is 12.2. The number of likely N-dealkylation sites (N-methyl/N-ethyl adjacent to an activating group) is 1. The first kappa shape index (κ1) is 13.5. The van der Waals surface area contributed by atoms with E-state index in [1.54, 1.807) is 11.9 Å². The third-order valence-corrected chi connectivity index (χ3v) is 3.83. The van der Waals surface area contributed by atoms with Gasteiger partial charge in [0, 0.05) is 26.0 Å². The molecule has 2 fully saturated rings. The van der Waals surface area contributed by atoms with E-state index in [1.165, 1.54) is 23.5 Å². The van der Waals surface area contributed by atoms with Crippen molar-refractivity contribution in [1.82, 2.24) is 25.1 Å². The van der Waals surface area contributed by atoms with Crippen molar-refractivity contribution in [2.24, 2.45) is 0 Å². The van der Waals surface area contributed by atoms with E-state index in [0.717, 1.165) is 0 Å². The van der Waals surface area contributed by atoms with Crippen LogP contribution in [0.3, 0.4) is 0 Å². The minimum Gasteiger partial charge on any atom is -0.345 e. The molecule has 8 nitrogen and oxygen atoms in total. The van der Waals surface area contributed by atoms with Crippen LogP contribution in [0.4, 0.5) is 0 Å². The van der Waals surface area contributed by atoms with Crippen LogP contribution in [0.15, 0.2) is 18.6 Å². The molecule has 1 aromatic heterocycles. The quantitative estimate of drug-likeness (QED) is 0.726. The van der Waals surface area contributed by atoms with E-state index in [-0.39, 0.29) is 30.0 Å². The molecule has 2 atom stereocenters. The average Bonchev–Trinajstić information content (AvgIpc) is 2.90. The minimum atomic E-state index is -0.614. The molecule has 2 saturated heterocycles. The summed E-state index contributed by atoms with van der Waals surface area (Å²) >= 11 is 0. The SMILES string of the molecule is CN1CC(=O)N2CCC(NC(=O)c3cnccn3)C2C1=O. The molecule has 0 spiro atoms. The molecule has 21 heavy (non-hydrogen) atoms. The van der Waals surface area contributed by atoms with Crippen LogP contribution < -0.4 is 5.32 Å². The third kappa shape index (κ3) is 2.32. The fourth-order valence-corrected chi connectivity index (χ4v) is 2.78. The number of amides is 3. The van der Waals surface area contributed by atoms with E-state index < -0.39 is 12.1 Å². The van der Waals surface area contributed by atoms with Crippen LogP contribution in [0.1, 0.15) is 16.9 Å². The number of nitrogens with zero attached hydrogens (tertiary/aromatic N) is 4. The fourth-order valence-electron chi connectivity index (χ4n) is 2.78. The predicted molar refractivity (Wildman–Crippen MR) is 71.0 cm³/mol. The summed E-state index contributed by atoms with van der Waals surface area (Å²) in [4.78, 5) is 47.0. The second-order valence-electron chi connectivity index (χ2n) is 5.19. The van der Waals surface area contributed by atoms with E-state index in [1.807, 2.05) is 0 Å². The number of rotatable bonds is 2. The van der Waals surface area contributed by atoms with Crippen molar-refractivity contribution in [3.05, 3.63) is 24.3 Å². The van der Waals surface area contributed by atoms with Gasteiger partial charge in [0.25, 0.3) is 5.91 Å². The van der Waals surface area contributed by atoms with Gasteiger partial charge < -0.3 is 15.1 Å². The zero-order chi connectivity index (χ0) is 15.0. The van der Waals surface area contributed by atoms with Crippen LogP contribution in [-0.4, -0.2) is 69.7 Å². The molecule has 0 radical (unpaired) electrons. The number of carbonyl (C=O) groups excluding carboxylic acids is 3. The second kappa shape index (κ2) is 5.12. The van der Waals surface area contributed by atoms with E-state index in [0.29, 0.717) is 13.0 Å². The largest absolute Gasteiger partial charge is 0.345 e. The van der Waals surface area contributed by atoms with Gasteiger partial charge in [-0.3, -0.25) is 19.4 Å². The van der Waals surface area contributed by atoms with Crippen molar-refractivity contribution < 1.29 is 14.4 Å². The molecule has 0 saturated carbocycles. The molecule has 0 aromatic carbocycles. The highest BCUT2D eigenvalue weighted by Gasteiger charge is 2.47. The Labute approximate surface area is 121 Å². The Morgan fingerprint density at radius 3 is 2.90 bits per heavy atom. The number of aromatic nitrogens is 2. The Balaban J connectivity index is 1.76. The number of fused-ring (bicyclic) bond motifs is 1. The molecule has 3 amide bonds. The zero-order valence-corrected chi connectivity index (χ0v) is 11.5. The molecule has 8 heteroatoms. The van der Waals surface area contributed by atoms with Crippen LogP contribution in [0.5, 0.6) is 0 Å². The van der Waals surface area contributed by atoms with Crippen LogP contribution in [0, 0.1) is 0 Å². The highest BCUT2D eigenvalue weighted by molar-refractivity contribution is 5.97. The summed E-state index contributed by atoms with van der Waals surface area (Å²) in [7, 11) is 1.59. The molecular formula is C13H15N5O3. The Bertz CT molecular complexity index is 591. The lowest BCUT2D eigenvalue weighted by molar-refractivity contribution is -0.152. The molecule has 110 valence electrons. The van der Waals surface area contributed by atoms with Gasteiger partial charge in [-0.05, 0) is 6.42 Å². The maximum atomic E-state index is 12.2. The van der Waals surface area contributed by atoms with Crippen molar-refractivity contribution in [1.29, 1.82) is 0 Å². The minimum absolute atomic E-state index is 0.0849. The Morgan fingerprint density at radius 1 is 1.38 bits per heavy atom. The van der Waals surface area contributed by atoms with Gasteiger partial charge in [-0.25, -0.2) is 4.98 Å². The summed E-state index contributed by atoms with van der Waals surface area (Å²) in [6.45, 7) is 0.578. The summed E-state index contributed by atoms with van der Waals surface area (Å²) in [5.41, 5.74) is 0.193. The van der Waals surface area contributed by atoms with Gasteiger partial charge in [0.05, 0.1) is 18.8 Å².